The third-order valence-corrected chi connectivity index (χ3v) is 2.84. The minimum atomic E-state index is -0.950. The second kappa shape index (κ2) is 11.0. The Bertz CT molecular complexity index is 320. The maximum absolute atomic E-state index is 10.2. The Kier molecular flexibility index (Phi) is 10.4. The van der Waals surface area contributed by atoms with Gasteiger partial charge in [0.05, 0.1) is 0 Å². The lowest BCUT2D eigenvalue weighted by molar-refractivity contribution is 0.188. The molecule has 4 N–H and O–H groups in total. The van der Waals surface area contributed by atoms with Crippen molar-refractivity contribution in [2.75, 3.05) is 6.54 Å². The number of carboxylic acid groups (broad SMARTS) is 1. The fourth-order valence-electron chi connectivity index (χ4n) is 1.33. The highest BCUT2D eigenvalue weighted by atomic mass is 79.9. The third-order valence-electron chi connectivity index (χ3n) is 2.31. The number of amides is 1. The first-order chi connectivity index (χ1) is 8.60. The van der Waals surface area contributed by atoms with Crippen LogP contribution < -0.4 is 11.1 Å². The van der Waals surface area contributed by atoms with E-state index >= 15 is 0 Å². The predicted octanol–water partition coefficient (Wildman–Crippen LogP) is 3.22. The Balaban J connectivity index is 0.000000351. The highest BCUT2D eigenvalue weighted by Gasteiger charge is 2.06. The van der Waals surface area contributed by atoms with Gasteiger partial charge in [0.2, 0.25) is 0 Å². The molecule has 0 spiro atoms. The second-order valence-electron chi connectivity index (χ2n) is 3.78. The summed E-state index contributed by atoms with van der Waals surface area (Å²) in [6.45, 7) is 2.58. The zero-order chi connectivity index (χ0) is 13.8. The van der Waals surface area contributed by atoms with Crippen LogP contribution in [0.5, 0.6) is 0 Å². The molecule has 0 aliphatic rings. The van der Waals surface area contributed by atoms with Crippen molar-refractivity contribution in [3.05, 3.63) is 34.8 Å². The van der Waals surface area contributed by atoms with Crippen LogP contribution in [0.15, 0.2) is 34.8 Å². The largest absolute Gasteiger partial charge is 0.465 e. The summed E-state index contributed by atoms with van der Waals surface area (Å²) in [7, 11) is 0. The lowest BCUT2D eigenvalue weighted by atomic mass is 10.1. The molecular weight excluding hydrogens is 296 g/mol. The van der Waals surface area contributed by atoms with E-state index in [0.29, 0.717) is 6.54 Å². The molecule has 1 amide bonds. The smallest absolute Gasteiger partial charge is 0.404 e. The van der Waals surface area contributed by atoms with Crippen molar-refractivity contribution in [3.63, 3.8) is 0 Å². The first kappa shape index (κ1) is 16.9. The van der Waals surface area contributed by atoms with Gasteiger partial charge in [0.1, 0.15) is 0 Å². The summed E-state index contributed by atoms with van der Waals surface area (Å²) < 4.78 is 1.13. The molecular formula is C13H21BrN2O2. The van der Waals surface area contributed by atoms with E-state index in [1.807, 2.05) is 37.3 Å². The molecule has 1 unspecified atom stereocenters. The molecule has 18 heavy (non-hydrogen) atoms. The fraction of sp³-hybridized carbons (Fsp3) is 0.462. The monoisotopic (exact) mass is 316 g/mol. The molecule has 0 bridgehead atoms. The van der Waals surface area contributed by atoms with E-state index in [9.17, 15) is 4.79 Å². The predicted molar refractivity (Wildman–Crippen MR) is 77.7 cm³/mol. The van der Waals surface area contributed by atoms with Gasteiger partial charge in [-0.1, -0.05) is 41.1 Å². The Morgan fingerprint density at radius 2 is 2.06 bits per heavy atom. The van der Waals surface area contributed by atoms with Crippen molar-refractivity contribution in [1.82, 2.24) is 5.32 Å². The Morgan fingerprint density at radius 1 is 1.44 bits per heavy atom. The standard InChI is InChI=1S/C7H16N2O2.C6H5Br/c1-2-6(4-3-5-8)9-7(10)11;7-6-4-2-1-3-5-6/h6,9H,2-5,8H2,1H3,(H,10,11);1-5H. The fourth-order valence-corrected chi connectivity index (χ4v) is 1.64. The Labute approximate surface area is 117 Å². The van der Waals surface area contributed by atoms with E-state index in [0.717, 1.165) is 23.7 Å². The van der Waals surface area contributed by atoms with Gasteiger partial charge in [-0.25, -0.2) is 4.79 Å². The first-order valence-corrected chi connectivity index (χ1v) is 6.79. The van der Waals surface area contributed by atoms with Gasteiger partial charge in [0.25, 0.3) is 0 Å². The number of benzene rings is 1. The van der Waals surface area contributed by atoms with Crippen LogP contribution in [0.1, 0.15) is 26.2 Å². The zero-order valence-electron chi connectivity index (χ0n) is 10.6. The summed E-state index contributed by atoms with van der Waals surface area (Å²) in [6.07, 6.45) is 1.58. The topological polar surface area (TPSA) is 75.3 Å². The molecule has 1 aromatic rings. The molecule has 0 aliphatic heterocycles. The molecule has 1 atom stereocenters. The van der Waals surface area contributed by atoms with Crippen LogP contribution in [0.2, 0.25) is 0 Å². The van der Waals surface area contributed by atoms with E-state index in [4.69, 9.17) is 10.8 Å². The number of hydrogen-bond acceptors (Lipinski definition) is 2. The van der Waals surface area contributed by atoms with Crippen molar-refractivity contribution < 1.29 is 9.90 Å². The molecule has 5 heteroatoms. The maximum Gasteiger partial charge on any atom is 0.404 e. The Morgan fingerprint density at radius 3 is 2.39 bits per heavy atom. The highest BCUT2D eigenvalue weighted by Crippen LogP contribution is 2.05. The SMILES string of the molecule is Brc1ccccc1.CCC(CCCN)NC(=O)O. The molecule has 0 heterocycles. The van der Waals surface area contributed by atoms with Gasteiger partial charge in [-0.05, 0) is 37.9 Å². The summed E-state index contributed by atoms with van der Waals surface area (Å²) in [5, 5.41) is 10.8. The van der Waals surface area contributed by atoms with Crippen molar-refractivity contribution >= 4 is 22.0 Å². The minimum Gasteiger partial charge on any atom is -0.465 e. The van der Waals surface area contributed by atoms with Crippen LogP contribution >= 0.6 is 15.9 Å². The molecule has 0 aliphatic carbocycles. The normalized spacial score (nSPS) is 11.1. The summed E-state index contributed by atoms with van der Waals surface area (Å²) in [5.74, 6) is 0. The molecule has 102 valence electrons. The summed E-state index contributed by atoms with van der Waals surface area (Å²) in [4.78, 5) is 10.2. The number of carbonyl (C=O) groups is 1. The van der Waals surface area contributed by atoms with Gasteiger partial charge in [0.15, 0.2) is 0 Å². The van der Waals surface area contributed by atoms with Gasteiger partial charge >= 0.3 is 6.09 Å². The van der Waals surface area contributed by atoms with E-state index in [1.165, 1.54) is 0 Å². The van der Waals surface area contributed by atoms with Crippen LogP contribution in [-0.4, -0.2) is 23.8 Å². The Hall–Kier alpha value is -1.07. The van der Waals surface area contributed by atoms with Crippen LogP contribution in [-0.2, 0) is 0 Å². The molecule has 0 aromatic heterocycles. The lowest BCUT2D eigenvalue weighted by Crippen LogP contribution is -2.33. The maximum atomic E-state index is 10.2. The van der Waals surface area contributed by atoms with E-state index in [1.54, 1.807) is 0 Å². The van der Waals surface area contributed by atoms with Crippen LogP contribution in [0.25, 0.3) is 0 Å². The quantitative estimate of drug-likeness (QED) is 0.780. The zero-order valence-corrected chi connectivity index (χ0v) is 12.2. The molecule has 0 saturated heterocycles. The van der Waals surface area contributed by atoms with Crippen molar-refractivity contribution in [1.29, 1.82) is 0 Å². The van der Waals surface area contributed by atoms with Crippen LogP contribution in [0.3, 0.4) is 0 Å². The molecule has 4 nitrogen and oxygen atoms in total. The van der Waals surface area contributed by atoms with Gasteiger partial charge in [-0.3, -0.25) is 0 Å². The van der Waals surface area contributed by atoms with Crippen LogP contribution in [0, 0.1) is 0 Å². The van der Waals surface area contributed by atoms with Crippen LogP contribution in [0.4, 0.5) is 4.79 Å². The second-order valence-corrected chi connectivity index (χ2v) is 4.70. The van der Waals surface area contributed by atoms with Gasteiger partial charge in [-0.2, -0.15) is 0 Å². The molecule has 1 aromatic carbocycles. The van der Waals surface area contributed by atoms with Crippen molar-refractivity contribution in [3.8, 4) is 0 Å². The average molecular weight is 317 g/mol. The first-order valence-electron chi connectivity index (χ1n) is 6.00. The molecule has 1 rings (SSSR count). The average Bonchev–Trinajstić information content (AvgIpc) is 2.35. The summed E-state index contributed by atoms with van der Waals surface area (Å²) in [5.41, 5.74) is 5.29. The van der Waals surface area contributed by atoms with Gasteiger partial charge in [-0.15, -0.1) is 0 Å². The minimum absolute atomic E-state index is 0.0658. The summed E-state index contributed by atoms with van der Waals surface area (Å²) >= 11 is 3.31. The highest BCUT2D eigenvalue weighted by molar-refractivity contribution is 9.10. The van der Waals surface area contributed by atoms with Crippen molar-refractivity contribution in [2.45, 2.75) is 32.2 Å². The summed E-state index contributed by atoms with van der Waals surface area (Å²) in [6, 6.07) is 10.0. The van der Waals surface area contributed by atoms with Gasteiger partial charge < -0.3 is 16.2 Å². The van der Waals surface area contributed by atoms with E-state index in [2.05, 4.69) is 21.2 Å². The van der Waals surface area contributed by atoms with Gasteiger partial charge in [0, 0.05) is 10.5 Å². The lowest BCUT2D eigenvalue weighted by Gasteiger charge is -2.13. The molecule has 0 saturated carbocycles. The van der Waals surface area contributed by atoms with E-state index < -0.39 is 6.09 Å². The third kappa shape index (κ3) is 10.1. The number of rotatable bonds is 5. The van der Waals surface area contributed by atoms with E-state index in [-0.39, 0.29) is 6.04 Å². The number of nitrogens with two attached hydrogens (primary N) is 1. The molecule has 0 radical (unpaired) electrons. The number of hydrogen-bond donors (Lipinski definition) is 3. The molecule has 0 fully saturated rings. The number of halogens is 1. The number of nitrogens with one attached hydrogen (secondary N) is 1. The van der Waals surface area contributed by atoms with Crippen molar-refractivity contribution in [2.24, 2.45) is 5.73 Å².